The molecule has 1 aromatic heterocycles. The molecular formula is C21H25N3O5S. The second-order valence-electron chi connectivity index (χ2n) is 9.51. The Labute approximate surface area is 173 Å². The zero-order chi connectivity index (χ0) is 21.3. The molecule has 0 amide bonds. The number of benzene rings is 1. The highest BCUT2D eigenvalue weighted by Crippen LogP contribution is 2.62. The number of sulfonamides is 1. The number of aromatic nitrogens is 2. The summed E-state index contributed by atoms with van der Waals surface area (Å²) in [6.07, 6.45) is 5.91. The van der Waals surface area contributed by atoms with Gasteiger partial charge < -0.3 is 10.1 Å². The second-order valence-corrected chi connectivity index (χ2v) is 11.1. The molecule has 1 aromatic carbocycles. The number of aliphatic hydroxyl groups is 1. The van der Waals surface area contributed by atoms with Gasteiger partial charge in [0.05, 0.1) is 5.60 Å². The molecule has 0 saturated heterocycles. The van der Waals surface area contributed by atoms with Gasteiger partial charge in [-0.3, -0.25) is 14.5 Å². The van der Waals surface area contributed by atoms with Crippen LogP contribution in [0.5, 0.6) is 0 Å². The summed E-state index contributed by atoms with van der Waals surface area (Å²) in [7, 11) is -4.16. The molecule has 0 spiro atoms. The third-order valence-electron chi connectivity index (χ3n) is 7.12. The zero-order valence-electron chi connectivity index (χ0n) is 16.7. The van der Waals surface area contributed by atoms with Crippen LogP contribution < -0.4 is 16.0 Å². The average molecular weight is 432 g/mol. The van der Waals surface area contributed by atoms with Crippen LogP contribution in [-0.2, 0) is 15.4 Å². The summed E-state index contributed by atoms with van der Waals surface area (Å²) in [5.74, 6) is 1.12. The Kier molecular flexibility index (Phi) is 4.11. The molecule has 4 saturated carbocycles. The molecule has 2 atom stereocenters. The summed E-state index contributed by atoms with van der Waals surface area (Å²) in [6.45, 7) is 1.37. The molecule has 0 radical (unpaired) electrons. The summed E-state index contributed by atoms with van der Waals surface area (Å²) in [4.78, 5) is 27.1. The summed E-state index contributed by atoms with van der Waals surface area (Å²) in [6, 6.07) is 7.26. The van der Waals surface area contributed by atoms with Crippen LogP contribution >= 0.6 is 0 Å². The van der Waals surface area contributed by atoms with Gasteiger partial charge in [-0.15, -0.1) is 0 Å². The molecule has 0 aliphatic heterocycles. The molecule has 4 fully saturated rings. The molecular weight excluding hydrogens is 406 g/mol. The number of H-pyrrole nitrogens is 2. The first-order valence-electron chi connectivity index (χ1n) is 10.3. The third kappa shape index (κ3) is 3.11. The molecule has 6 rings (SSSR count). The summed E-state index contributed by atoms with van der Waals surface area (Å²) >= 11 is 0. The van der Waals surface area contributed by atoms with Crippen LogP contribution in [0.3, 0.4) is 0 Å². The van der Waals surface area contributed by atoms with E-state index in [-0.39, 0.29) is 11.1 Å². The largest absolute Gasteiger partial charge is 0.390 e. The lowest BCUT2D eigenvalue weighted by Gasteiger charge is -2.60. The first kappa shape index (κ1) is 19.6. The van der Waals surface area contributed by atoms with E-state index in [0.717, 1.165) is 37.7 Å². The van der Waals surface area contributed by atoms with Gasteiger partial charge in [0.2, 0.25) is 0 Å². The normalized spacial score (nSPS) is 32.3. The highest BCUT2D eigenvalue weighted by atomic mass is 32.2. The van der Waals surface area contributed by atoms with E-state index in [1.54, 1.807) is 12.1 Å². The van der Waals surface area contributed by atoms with Crippen LogP contribution in [0.15, 0.2) is 38.8 Å². The molecule has 4 bridgehead atoms. The van der Waals surface area contributed by atoms with Crippen molar-refractivity contribution in [3.63, 3.8) is 0 Å². The fraction of sp³-hybridized carbons (Fsp3) is 0.524. The van der Waals surface area contributed by atoms with Crippen molar-refractivity contribution >= 4 is 15.7 Å². The molecule has 9 heteroatoms. The molecule has 1 heterocycles. The number of anilines is 1. The first-order valence-corrected chi connectivity index (χ1v) is 11.7. The van der Waals surface area contributed by atoms with Gasteiger partial charge in [0.15, 0.2) is 4.90 Å². The second kappa shape index (κ2) is 6.31. The van der Waals surface area contributed by atoms with Crippen molar-refractivity contribution in [1.29, 1.82) is 0 Å². The highest BCUT2D eigenvalue weighted by molar-refractivity contribution is 7.92. The summed E-state index contributed by atoms with van der Waals surface area (Å²) in [5.41, 5.74) is -0.853. The number of rotatable bonds is 4. The van der Waals surface area contributed by atoms with Gasteiger partial charge in [-0.05, 0) is 80.4 Å². The minimum atomic E-state index is -4.16. The van der Waals surface area contributed by atoms with Crippen molar-refractivity contribution in [2.75, 3.05) is 4.72 Å². The molecule has 8 nitrogen and oxygen atoms in total. The molecule has 4 N–H and O–H groups in total. The van der Waals surface area contributed by atoms with Crippen LogP contribution in [0, 0.1) is 18.8 Å². The lowest BCUT2D eigenvalue weighted by Crippen LogP contribution is -2.57. The number of aromatic amines is 2. The van der Waals surface area contributed by atoms with Crippen LogP contribution in [0.1, 0.15) is 49.8 Å². The standard InChI is InChI=1S/C21H25N3O5S/c1-12-17(18(25)23-19(26)22-12)30(28,29)24-16-4-2-15(3-5-16)20-7-13-6-14(8-20)10-21(27,9-13)11-20/h2-5,13-14,24,27H,6-11H2,1H3,(H2,22,23,25,26). The van der Waals surface area contributed by atoms with Crippen molar-refractivity contribution in [3.05, 3.63) is 56.4 Å². The Bertz CT molecular complexity index is 1210. The predicted octanol–water partition coefficient (Wildman–Crippen LogP) is 1.76. The highest BCUT2D eigenvalue weighted by Gasteiger charge is 2.57. The minimum Gasteiger partial charge on any atom is -0.390 e. The van der Waals surface area contributed by atoms with E-state index in [4.69, 9.17) is 0 Å². The number of aryl methyl sites for hydroxylation is 1. The van der Waals surface area contributed by atoms with Gasteiger partial charge in [-0.25, -0.2) is 13.2 Å². The Morgan fingerprint density at radius 2 is 1.67 bits per heavy atom. The quantitative estimate of drug-likeness (QED) is 0.586. The van der Waals surface area contributed by atoms with E-state index < -0.39 is 31.8 Å². The van der Waals surface area contributed by atoms with Gasteiger partial charge >= 0.3 is 5.69 Å². The van der Waals surface area contributed by atoms with Crippen molar-refractivity contribution in [2.45, 2.75) is 61.4 Å². The monoisotopic (exact) mass is 431 g/mol. The molecule has 4 aliphatic rings. The van der Waals surface area contributed by atoms with E-state index in [1.807, 2.05) is 17.1 Å². The van der Waals surface area contributed by atoms with E-state index in [1.165, 1.54) is 13.3 Å². The summed E-state index contributed by atoms with van der Waals surface area (Å²) < 4.78 is 27.9. The van der Waals surface area contributed by atoms with Crippen molar-refractivity contribution in [2.24, 2.45) is 11.8 Å². The first-order chi connectivity index (χ1) is 14.1. The topological polar surface area (TPSA) is 132 Å². The van der Waals surface area contributed by atoms with Crippen LogP contribution in [0.25, 0.3) is 0 Å². The van der Waals surface area contributed by atoms with Crippen molar-refractivity contribution in [1.82, 2.24) is 9.97 Å². The fourth-order valence-corrected chi connectivity index (χ4v) is 7.86. The fourth-order valence-electron chi connectivity index (χ4n) is 6.56. The van der Waals surface area contributed by atoms with Crippen molar-refractivity contribution in [3.8, 4) is 0 Å². The number of nitrogens with one attached hydrogen (secondary N) is 3. The predicted molar refractivity (Wildman–Crippen MR) is 111 cm³/mol. The van der Waals surface area contributed by atoms with Crippen LogP contribution in [0.4, 0.5) is 5.69 Å². The average Bonchev–Trinajstić information content (AvgIpc) is 2.58. The number of hydrogen-bond acceptors (Lipinski definition) is 5. The van der Waals surface area contributed by atoms with Gasteiger partial charge in [0.25, 0.3) is 15.6 Å². The maximum absolute atomic E-state index is 12.7. The molecule has 30 heavy (non-hydrogen) atoms. The van der Waals surface area contributed by atoms with E-state index in [2.05, 4.69) is 9.71 Å². The maximum Gasteiger partial charge on any atom is 0.325 e. The minimum absolute atomic E-state index is 0.0188. The number of hydrogen-bond donors (Lipinski definition) is 4. The molecule has 4 aliphatic carbocycles. The lowest BCUT2D eigenvalue weighted by atomic mass is 9.46. The van der Waals surface area contributed by atoms with Gasteiger partial charge in [-0.2, -0.15) is 0 Å². The Hall–Kier alpha value is -2.39. The molecule has 160 valence electrons. The molecule has 2 aromatic rings. The smallest absolute Gasteiger partial charge is 0.325 e. The Morgan fingerprint density at radius 1 is 1.03 bits per heavy atom. The van der Waals surface area contributed by atoms with E-state index in [9.17, 15) is 23.1 Å². The Balaban J connectivity index is 1.43. The van der Waals surface area contributed by atoms with Gasteiger partial charge in [0, 0.05) is 11.4 Å². The van der Waals surface area contributed by atoms with Gasteiger partial charge in [-0.1, -0.05) is 12.1 Å². The Morgan fingerprint density at radius 3 is 2.23 bits per heavy atom. The summed E-state index contributed by atoms with van der Waals surface area (Å²) in [5, 5.41) is 11.0. The lowest BCUT2D eigenvalue weighted by molar-refractivity contribution is -0.136. The van der Waals surface area contributed by atoms with E-state index in [0.29, 0.717) is 17.5 Å². The van der Waals surface area contributed by atoms with Gasteiger partial charge in [0.1, 0.15) is 0 Å². The van der Waals surface area contributed by atoms with Crippen LogP contribution in [-0.4, -0.2) is 29.1 Å². The van der Waals surface area contributed by atoms with Crippen LogP contribution in [0.2, 0.25) is 0 Å². The zero-order valence-corrected chi connectivity index (χ0v) is 17.5. The van der Waals surface area contributed by atoms with Crippen molar-refractivity contribution < 1.29 is 13.5 Å². The molecule has 2 unspecified atom stereocenters. The SMILES string of the molecule is Cc1[nH]c(=O)[nH]c(=O)c1S(=O)(=O)Nc1ccc(C23CC4CC(CC(O)(C4)C2)C3)cc1. The van der Waals surface area contributed by atoms with E-state index >= 15 is 0 Å². The maximum atomic E-state index is 12.7. The third-order valence-corrected chi connectivity index (χ3v) is 8.66.